The number of rotatable bonds is 3. The normalized spacial score (nSPS) is 17.7. The molecule has 2 heterocycles. The molecule has 98 valence electrons. The number of anilines is 1. The van der Waals surface area contributed by atoms with Crippen LogP contribution in [-0.4, -0.2) is 34.3 Å². The molecule has 1 aliphatic rings. The summed E-state index contributed by atoms with van der Waals surface area (Å²) in [5.74, 6) is 0.0648. The molecule has 0 radical (unpaired) electrons. The highest BCUT2D eigenvalue weighted by molar-refractivity contribution is 6.06. The van der Waals surface area contributed by atoms with Crippen LogP contribution in [0.1, 0.15) is 43.5 Å². The molecule has 1 fully saturated rings. The van der Waals surface area contributed by atoms with Crippen LogP contribution in [0.25, 0.3) is 0 Å². The SMILES string of the molecule is CC(C)(C(=O)c1cnccc1N)N1CCCCC1. The smallest absolute Gasteiger partial charge is 0.186 e. The Bertz CT molecular complexity index is 436. The lowest BCUT2D eigenvalue weighted by Crippen LogP contribution is -2.52. The minimum absolute atomic E-state index is 0.0648. The summed E-state index contributed by atoms with van der Waals surface area (Å²) in [6.07, 6.45) is 6.78. The Balaban J connectivity index is 2.24. The molecule has 2 N–H and O–H groups in total. The second kappa shape index (κ2) is 5.06. The number of hydrogen-bond acceptors (Lipinski definition) is 4. The number of carbonyl (C=O) groups is 1. The third-order valence-electron chi connectivity index (χ3n) is 3.80. The number of pyridine rings is 1. The Morgan fingerprint density at radius 1 is 1.33 bits per heavy atom. The molecule has 0 bridgehead atoms. The van der Waals surface area contributed by atoms with Crippen LogP contribution in [0.15, 0.2) is 18.5 Å². The summed E-state index contributed by atoms with van der Waals surface area (Å²) >= 11 is 0. The van der Waals surface area contributed by atoms with Crippen molar-refractivity contribution in [1.82, 2.24) is 9.88 Å². The molecule has 0 spiro atoms. The maximum absolute atomic E-state index is 12.6. The molecule has 18 heavy (non-hydrogen) atoms. The third kappa shape index (κ3) is 2.38. The van der Waals surface area contributed by atoms with E-state index in [1.54, 1.807) is 18.5 Å². The van der Waals surface area contributed by atoms with E-state index >= 15 is 0 Å². The molecule has 1 aromatic heterocycles. The fraction of sp³-hybridized carbons (Fsp3) is 0.571. The molecule has 0 amide bonds. The van der Waals surface area contributed by atoms with Gasteiger partial charge in [-0.15, -0.1) is 0 Å². The number of Topliss-reactive ketones (excluding diaryl/α,β-unsaturated/α-hetero) is 1. The average molecular weight is 247 g/mol. The van der Waals surface area contributed by atoms with Crippen molar-refractivity contribution in [2.24, 2.45) is 0 Å². The minimum atomic E-state index is -0.502. The van der Waals surface area contributed by atoms with E-state index in [0.717, 1.165) is 13.1 Å². The molecule has 4 nitrogen and oxygen atoms in total. The van der Waals surface area contributed by atoms with Crippen molar-refractivity contribution >= 4 is 11.5 Å². The first-order valence-corrected chi connectivity index (χ1v) is 6.53. The number of ketones is 1. The van der Waals surface area contributed by atoms with Gasteiger partial charge in [-0.25, -0.2) is 0 Å². The van der Waals surface area contributed by atoms with E-state index in [0.29, 0.717) is 11.3 Å². The number of piperidine rings is 1. The number of hydrogen-bond donors (Lipinski definition) is 1. The number of likely N-dealkylation sites (tertiary alicyclic amines) is 1. The van der Waals surface area contributed by atoms with Crippen molar-refractivity contribution in [3.63, 3.8) is 0 Å². The Hall–Kier alpha value is -1.42. The van der Waals surface area contributed by atoms with Crippen molar-refractivity contribution in [2.75, 3.05) is 18.8 Å². The first-order valence-electron chi connectivity index (χ1n) is 6.53. The molecule has 0 saturated carbocycles. The summed E-state index contributed by atoms with van der Waals surface area (Å²) in [7, 11) is 0. The van der Waals surface area contributed by atoms with Gasteiger partial charge >= 0.3 is 0 Å². The van der Waals surface area contributed by atoms with E-state index in [1.807, 2.05) is 13.8 Å². The van der Waals surface area contributed by atoms with Crippen molar-refractivity contribution in [1.29, 1.82) is 0 Å². The number of aromatic nitrogens is 1. The van der Waals surface area contributed by atoms with E-state index in [4.69, 9.17) is 5.73 Å². The number of nitrogens with zero attached hydrogens (tertiary/aromatic N) is 2. The Kier molecular flexibility index (Phi) is 3.66. The summed E-state index contributed by atoms with van der Waals surface area (Å²) in [6, 6.07) is 1.68. The van der Waals surface area contributed by atoms with Crippen LogP contribution in [0.5, 0.6) is 0 Å². The van der Waals surface area contributed by atoms with Crippen LogP contribution >= 0.6 is 0 Å². The lowest BCUT2D eigenvalue weighted by Gasteiger charge is -2.39. The van der Waals surface area contributed by atoms with Gasteiger partial charge in [-0.05, 0) is 45.8 Å². The number of carbonyl (C=O) groups excluding carboxylic acids is 1. The first kappa shape index (κ1) is 13.0. The predicted molar refractivity (Wildman–Crippen MR) is 72.5 cm³/mol. The molecule has 0 atom stereocenters. The quantitative estimate of drug-likeness (QED) is 0.831. The summed E-state index contributed by atoms with van der Waals surface area (Å²) in [4.78, 5) is 18.9. The maximum Gasteiger partial charge on any atom is 0.186 e. The highest BCUT2D eigenvalue weighted by Gasteiger charge is 2.36. The molecule has 1 aliphatic heterocycles. The molecule has 2 rings (SSSR count). The standard InChI is InChI=1S/C14H21N3O/c1-14(2,17-8-4-3-5-9-17)13(18)11-10-16-7-6-12(11)15/h6-7,10H,3-5,8-9H2,1-2H3,(H2,15,16). The second-order valence-corrected chi connectivity index (χ2v) is 5.40. The summed E-state index contributed by atoms with van der Waals surface area (Å²) < 4.78 is 0. The molecule has 0 aromatic carbocycles. The van der Waals surface area contributed by atoms with Crippen LogP contribution in [0.3, 0.4) is 0 Å². The van der Waals surface area contributed by atoms with Gasteiger partial charge in [0.2, 0.25) is 0 Å². The van der Waals surface area contributed by atoms with Crippen LogP contribution in [0, 0.1) is 0 Å². The molecule has 4 heteroatoms. The van der Waals surface area contributed by atoms with Gasteiger partial charge in [0.05, 0.1) is 11.1 Å². The van der Waals surface area contributed by atoms with E-state index in [2.05, 4.69) is 9.88 Å². The number of nitrogens with two attached hydrogens (primary N) is 1. The summed E-state index contributed by atoms with van der Waals surface area (Å²) in [6.45, 7) is 5.93. The lowest BCUT2D eigenvalue weighted by molar-refractivity contribution is 0.0580. The van der Waals surface area contributed by atoms with Crippen LogP contribution in [-0.2, 0) is 0 Å². The van der Waals surface area contributed by atoms with Crippen molar-refractivity contribution in [3.05, 3.63) is 24.0 Å². The summed E-state index contributed by atoms with van der Waals surface area (Å²) in [5.41, 5.74) is 6.42. The van der Waals surface area contributed by atoms with Gasteiger partial charge in [-0.3, -0.25) is 14.7 Å². The zero-order valence-electron chi connectivity index (χ0n) is 11.1. The predicted octanol–water partition coefficient (Wildman–Crippen LogP) is 2.11. The van der Waals surface area contributed by atoms with Gasteiger partial charge in [0.15, 0.2) is 5.78 Å². The van der Waals surface area contributed by atoms with Crippen LogP contribution < -0.4 is 5.73 Å². The van der Waals surface area contributed by atoms with Gasteiger partial charge in [0.25, 0.3) is 0 Å². The molecule has 0 unspecified atom stereocenters. The molecule has 1 saturated heterocycles. The van der Waals surface area contributed by atoms with Crippen LogP contribution in [0.2, 0.25) is 0 Å². The summed E-state index contributed by atoms with van der Waals surface area (Å²) in [5, 5.41) is 0. The largest absolute Gasteiger partial charge is 0.398 e. The Labute approximate surface area is 108 Å². The van der Waals surface area contributed by atoms with Gasteiger partial charge in [0.1, 0.15) is 0 Å². The molecule has 0 aliphatic carbocycles. The highest BCUT2D eigenvalue weighted by Crippen LogP contribution is 2.26. The van der Waals surface area contributed by atoms with Gasteiger partial charge < -0.3 is 5.73 Å². The monoisotopic (exact) mass is 247 g/mol. The maximum atomic E-state index is 12.6. The minimum Gasteiger partial charge on any atom is -0.398 e. The zero-order chi connectivity index (χ0) is 13.2. The zero-order valence-corrected chi connectivity index (χ0v) is 11.1. The third-order valence-corrected chi connectivity index (χ3v) is 3.80. The first-order chi connectivity index (χ1) is 8.53. The average Bonchev–Trinajstić information content (AvgIpc) is 2.39. The van der Waals surface area contributed by atoms with E-state index in [9.17, 15) is 4.79 Å². The highest BCUT2D eigenvalue weighted by atomic mass is 16.1. The van der Waals surface area contributed by atoms with E-state index in [1.165, 1.54) is 19.3 Å². The fourth-order valence-corrected chi connectivity index (χ4v) is 2.52. The van der Waals surface area contributed by atoms with Gasteiger partial charge in [-0.2, -0.15) is 0 Å². The van der Waals surface area contributed by atoms with Crippen molar-refractivity contribution < 1.29 is 4.79 Å². The molecule has 1 aromatic rings. The second-order valence-electron chi connectivity index (χ2n) is 5.40. The van der Waals surface area contributed by atoms with Crippen LogP contribution in [0.4, 0.5) is 5.69 Å². The van der Waals surface area contributed by atoms with Gasteiger partial charge in [0, 0.05) is 18.1 Å². The Morgan fingerprint density at radius 2 is 2.00 bits per heavy atom. The molecular formula is C14H21N3O. The van der Waals surface area contributed by atoms with E-state index in [-0.39, 0.29) is 5.78 Å². The van der Waals surface area contributed by atoms with E-state index < -0.39 is 5.54 Å². The number of nitrogen functional groups attached to an aromatic ring is 1. The molecular weight excluding hydrogens is 226 g/mol. The lowest BCUT2D eigenvalue weighted by atomic mass is 9.89. The topological polar surface area (TPSA) is 59.2 Å². The van der Waals surface area contributed by atoms with Crippen molar-refractivity contribution in [3.8, 4) is 0 Å². The van der Waals surface area contributed by atoms with Crippen molar-refractivity contribution in [2.45, 2.75) is 38.6 Å². The van der Waals surface area contributed by atoms with Gasteiger partial charge in [-0.1, -0.05) is 6.42 Å². The Morgan fingerprint density at radius 3 is 2.61 bits per heavy atom. The fourth-order valence-electron chi connectivity index (χ4n) is 2.52.